The van der Waals surface area contributed by atoms with Gasteiger partial charge in [-0.15, -0.1) is 0 Å². The van der Waals surface area contributed by atoms with E-state index < -0.39 is 12.6 Å². The minimum Gasteiger partial charge on any atom is -0.480 e. The Morgan fingerprint density at radius 1 is 0.767 bits per heavy atom. The summed E-state index contributed by atoms with van der Waals surface area (Å²) in [6.45, 7) is 5.99. The third-order valence-corrected chi connectivity index (χ3v) is 4.01. The maximum Gasteiger partial charge on any atom is 0.329 e. The molecule has 0 aromatic heterocycles. The molecule has 0 saturated carbocycles. The van der Waals surface area contributed by atoms with Crippen molar-refractivity contribution in [2.24, 2.45) is 0 Å². The molecule has 0 spiro atoms. The summed E-state index contributed by atoms with van der Waals surface area (Å²) in [5.74, 6) is -1.50. The van der Waals surface area contributed by atoms with Gasteiger partial charge in [0.15, 0.2) is 0 Å². The zero-order chi connectivity index (χ0) is 21.7. The van der Waals surface area contributed by atoms with Crippen LogP contribution in [0.3, 0.4) is 0 Å². The Morgan fingerprint density at radius 2 is 1.30 bits per heavy atom. The third-order valence-electron chi connectivity index (χ3n) is 4.01. The molecule has 1 saturated heterocycles. The first-order valence-corrected chi connectivity index (χ1v) is 10.4. The number of nitrogens with one attached hydrogen (secondary N) is 2. The van der Waals surface area contributed by atoms with Crippen molar-refractivity contribution in [3.8, 4) is 0 Å². The number of carbonyl (C=O) groups excluding carboxylic acids is 1. The first kappa shape index (κ1) is 26.7. The van der Waals surface area contributed by atoms with Crippen molar-refractivity contribution >= 4 is 11.9 Å². The predicted octanol–water partition coefficient (Wildman–Crippen LogP) is -0.961. The zero-order valence-corrected chi connectivity index (χ0v) is 17.6. The molecule has 0 aromatic rings. The van der Waals surface area contributed by atoms with Gasteiger partial charge in [-0.1, -0.05) is 0 Å². The van der Waals surface area contributed by atoms with E-state index in [4.69, 9.17) is 28.8 Å². The molecule has 0 unspecified atom stereocenters. The van der Waals surface area contributed by atoms with Crippen molar-refractivity contribution in [2.45, 2.75) is 18.9 Å². The molecule has 0 aliphatic carbocycles. The Kier molecular flexibility index (Phi) is 17.5. The highest BCUT2D eigenvalue weighted by atomic mass is 16.6. The molecular formula is C19H36N2O9. The SMILES string of the molecule is O=C(O)COCC(=O)NCCOCCOCCOCCOCCOC1CCNCC1. The summed E-state index contributed by atoms with van der Waals surface area (Å²) in [4.78, 5) is 21.5. The van der Waals surface area contributed by atoms with E-state index in [0.717, 1.165) is 25.9 Å². The summed E-state index contributed by atoms with van der Waals surface area (Å²) in [6, 6.07) is 0. The number of carboxylic acid groups (broad SMARTS) is 1. The lowest BCUT2D eigenvalue weighted by molar-refractivity contribution is -0.143. The van der Waals surface area contributed by atoms with Crippen LogP contribution in [0.1, 0.15) is 12.8 Å². The van der Waals surface area contributed by atoms with Crippen LogP contribution in [0.25, 0.3) is 0 Å². The van der Waals surface area contributed by atoms with E-state index in [2.05, 4.69) is 15.4 Å². The number of hydrogen-bond acceptors (Lipinski definition) is 9. The second-order valence-corrected chi connectivity index (χ2v) is 6.51. The lowest BCUT2D eigenvalue weighted by Gasteiger charge is -2.22. The van der Waals surface area contributed by atoms with E-state index in [9.17, 15) is 9.59 Å². The number of aliphatic carboxylic acids is 1. The van der Waals surface area contributed by atoms with Gasteiger partial charge in [-0.2, -0.15) is 0 Å². The fourth-order valence-corrected chi connectivity index (χ4v) is 2.54. The lowest BCUT2D eigenvalue weighted by Crippen LogP contribution is -2.33. The molecule has 0 radical (unpaired) electrons. The largest absolute Gasteiger partial charge is 0.480 e. The summed E-state index contributed by atoms with van der Waals surface area (Å²) in [5, 5.41) is 14.2. The average Bonchev–Trinajstić information content (AvgIpc) is 2.74. The van der Waals surface area contributed by atoms with E-state index in [0.29, 0.717) is 72.1 Å². The van der Waals surface area contributed by atoms with Gasteiger partial charge in [-0.05, 0) is 25.9 Å². The number of rotatable bonds is 20. The molecule has 1 aliphatic heterocycles. The number of piperidine rings is 1. The van der Waals surface area contributed by atoms with E-state index in [1.807, 2.05) is 0 Å². The summed E-state index contributed by atoms with van der Waals surface area (Å²) in [5.41, 5.74) is 0. The molecule has 0 aromatic carbocycles. The number of carboxylic acids is 1. The Bertz CT molecular complexity index is 434. The van der Waals surface area contributed by atoms with Gasteiger partial charge in [0.2, 0.25) is 5.91 Å². The minimum absolute atomic E-state index is 0.285. The summed E-state index contributed by atoms with van der Waals surface area (Å²) < 4.78 is 31.9. The van der Waals surface area contributed by atoms with Gasteiger partial charge in [-0.25, -0.2) is 4.79 Å². The maximum absolute atomic E-state index is 11.3. The Balaban J connectivity index is 1.69. The molecule has 1 heterocycles. The Morgan fingerprint density at radius 3 is 1.87 bits per heavy atom. The predicted molar refractivity (Wildman–Crippen MR) is 107 cm³/mol. The number of ether oxygens (including phenoxy) is 6. The van der Waals surface area contributed by atoms with Gasteiger partial charge in [0, 0.05) is 6.54 Å². The zero-order valence-electron chi connectivity index (χ0n) is 17.6. The van der Waals surface area contributed by atoms with Gasteiger partial charge < -0.3 is 44.2 Å². The molecule has 1 aliphatic rings. The van der Waals surface area contributed by atoms with Crippen molar-refractivity contribution in [2.75, 3.05) is 92.3 Å². The van der Waals surface area contributed by atoms with Gasteiger partial charge >= 0.3 is 5.97 Å². The Labute approximate surface area is 177 Å². The molecule has 3 N–H and O–H groups in total. The molecule has 1 fully saturated rings. The van der Waals surface area contributed by atoms with Crippen molar-refractivity contribution in [1.29, 1.82) is 0 Å². The van der Waals surface area contributed by atoms with E-state index in [1.54, 1.807) is 0 Å². The molecule has 30 heavy (non-hydrogen) atoms. The topological polar surface area (TPSA) is 134 Å². The van der Waals surface area contributed by atoms with Crippen LogP contribution in [-0.4, -0.2) is 115 Å². The fraction of sp³-hybridized carbons (Fsp3) is 0.895. The highest BCUT2D eigenvalue weighted by molar-refractivity contribution is 5.77. The number of amides is 1. The number of carbonyl (C=O) groups is 2. The second-order valence-electron chi connectivity index (χ2n) is 6.51. The summed E-state index contributed by atoms with van der Waals surface area (Å²) in [6.07, 6.45) is 2.49. The van der Waals surface area contributed by atoms with Crippen LogP contribution < -0.4 is 10.6 Å². The van der Waals surface area contributed by atoms with Crippen LogP contribution in [0, 0.1) is 0 Å². The number of hydrogen-bond donors (Lipinski definition) is 3. The normalized spacial score (nSPS) is 14.7. The van der Waals surface area contributed by atoms with Crippen LogP contribution in [0.15, 0.2) is 0 Å². The molecular weight excluding hydrogens is 400 g/mol. The van der Waals surface area contributed by atoms with E-state index >= 15 is 0 Å². The summed E-state index contributed by atoms with van der Waals surface area (Å²) >= 11 is 0. The van der Waals surface area contributed by atoms with Crippen LogP contribution in [0.2, 0.25) is 0 Å². The molecule has 0 bridgehead atoms. The van der Waals surface area contributed by atoms with Crippen molar-refractivity contribution in [3.63, 3.8) is 0 Å². The van der Waals surface area contributed by atoms with Gasteiger partial charge in [0.05, 0.1) is 65.6 Å². The fourth-order valence-electron chi connectivity index (χ4n) is 2.54. The highest BCUT2D eigenvalue weighted by Crippen LogP contribution is 2.06. The van der Waals surface area contributed by atoms with Gasteiger partial charge in [-0.3, -0.25) is 4.79 Å². The van der Waals surface area contributed by atoms with Crippen molar-refractivity contribution < 1.29 is 43.1 Å². The quantitative estimate of drug-likeness (QED) is 0.205. The van der Waals surface area contributed by atoms with Crippen molar-refractivity contribution in [3.05, 3.63) is 0 Å². The first-order chi connectivity index (χ1) is 14.7. The standard InChI is InChI=1S/C19H36N2O9/c22-18(15-29-16-19(23)24)21-5-6-25-7-8-26-9-10-27-11-12-28-13-14-30-17-1-3-20-4-2-17/h17,20H,1-16H2,(H,21,22)(H,23,24). The van der Waals surface area contributed by atoms with Gasteiger partial charge in [0.1, 0.15) is 13.2 Å². The van der Waals surface area contributed by atoms with Crippen LogP contribution in [0.4, 0.5) is 0 Å². The average molecular weight is 437 g/mol. The molecule has 0 atom stereocenters. The van der Waals surface area contributed by atoms with E-state index in [1.165, 1.54) is 0 Å². The maximum atomic E-state index is 11.3. The molecule has 1 amide bonds. The molecule has 1 rings (SSSR count). The van der Waals surface area contributed by atoms with E-state index in [-0.39, 0.29) is 12.5 Å². The Hall–Kier alpha value is -1.34. The monoisotopic (exact) mass is 436 g/mol. The van der Waals surface area contributed by atoms with Gasteiger partial charge in [0.25, 0.3) is 0 Å². The third kappa shape index (κ3) is 17.5. The van der Waals surface area contributed by atoms with Crippen LogP contribution in [0.5, 0.6) is 0 Å². The molecule has 11 heteroatoms. The molecule has 11 nitrogen and oxygen atoms in total. The van der Waals surface area contributed by atoms with Crippen LogP contribution in [-0.2, 0) is 38.0 Å². The minimum atomic E-state index is -1.11. The smallest absolute Gasteiger partial charge is 0.329 e. The highest BCUT2D eigenvalue weighted by Gasteiger charge is 2.12. The second kappa shape index (κ2) is 19.6. The lowest BCUT2D eigenvalue weighted by atomic mass is 10.1. The molecule has 176 valence electrons. The van der Waals surface area contributed by atoms with Crippen molar-refractivity contribution in [1.82, 2.24) is 10.6 Å². The summed E-state index contributed by atoms with van der Waals surface area (Å²) in [7, 11) is 0. The first-order valence-electron chi connectivity index (χ1n) is 10.4. The van der Waals surface area contributed by atoms with Crippen LogP contribution >= 0.6 is 0 Å².